The number of nitrogens with zero attached hydrogens (tertiary/aromatic N) is 2. The molecule has 49 heavy (non-hydrogen) atoms. The van der Waals surface area contributed by atoms with E-state index in [2.05, 4.69) is 5.32 Å². The second-order valence-corrected chi connectivity index (χ2v) is 15.3. The number of carbonyl (C=O) groups excluding carboxylic acids is 2. The highest BCUT2D eigenvalue weighted by molar-refractivity contribution is 7.92. The zero-order valence-corrected chi connectivity index (χ0v) is 30.3. The van der Waals surface area contributed by atoms with Crippen molar-refractivity contribution in [3.05, 3.63) is 129 Å². The van der Waals surface area contributed by atoms with Gasteiger partial charge < -0.3 is 10.2 Å². The maximum absolute atomic E-state index is 14.8. The second kappa shape index (κ2) is 16.7. The minimum absolute atomic E-state index is 0.0105. The van der Waals surface area contributed by atoms with Gasteiger partial charge in [-0.1, -0.05) is 122 Å². The van der Waals surface area contributed by atoms with Crippen molar-refractivity contribution in [3.8, 4) is 0 Å². The molecule has 4 aromatic carbocycles. The number of sulfonamides is 1. The fourth-order valence-corrected chi connectivity index (χ4v) is 8.11. The molecule has 0 radical (unpaired) electrons. The number of rotatable bonds is 13. The van der Waals surface area contributed by atoms with Crippen LogP contribution in [0.2, 0.25) is 10.0 Å². The summed E-state index contributed by atoms with van der Waals surface area (Å²) in [5, 5.41) is 3.92. The first-order valence-corrected chi connectivity index (χ1v) is 19.0. The Balaban J connectivity index is 1.59. The number of hydrogen-bond acceptors (Lipinski definition) is 4. The number of halogens is 2. The summed E-state index contributed by atoms with van der Waals surface area (Å²) in [5.74, 6) is -0.793. The van der Waals surface area contributed by atoms with E-state index >= 15 is 0 Å². The number of carbonyl (C=O) groups is 2. The Labute approximate surface area is 300 Å². The van der Waals surface area contributed by atoms with Gasteiger partial charge in [-0.2, -0.15) is 0 Å². The summed E-state index contributed by atoms with van der Waals surface area (Å²) in [4.78, 5) is 30.7. The van der Waals surface area contributed by atoms with Crippen LogP contribution in [-0.4, -0.2) is 43.8 Å². The normalized spacial score (nSPS) is 14.2. The van der Waals surface area contributed by atoms with E-state index in [0.29, 0.717) is 27.7 Å². The second-order valence-electron chi connectivity index (χ2n) is 12.6. The molecule has 1 fully saturated rings. The smallest absolute Gasteiger partial charge is 0.264 e. The highest BCUT2D eigenvalue weighted by Crippen LogP contribution is 2.30. The summed E-state index contributed by atoms with van der Waals surface area (Å²) < 4.78 is 30.0. The van der Waals surface area contributed by atoms with Gasteiger partial charge in [0.25, 0.3) is 10.0 Å². The molecule has 1 unspecified atom stereocenters. The van der Waals surface area contributed by atoms with Crippen LogP contribution in [0, 0.1) is 6.92 Å². The molecule has 0 aromatic heterocycles. The Morgan fingerprint density at radius 3 is 2.18 bits per heavy atom. The Bertz CT molecular complexity index is 1850. The average Bonchev–Trinajstić information content (AvgIpc) is 3.11. The summed E-state index contributed by atoms with van der Waals surface area (Å²) in [5.41, 5.74) is 3.64. The molecule has 0 aliphatic heterocycles. The molecule has 0 spiro atoms. The number of hydrogen-bond donors (Lipinski definition) is 1. The minimum Gasteiger partial charge on any atom is -0.352 e. The Hall–Kier alpha value is -3.85. The molecule has 4 aromatic rings. The molecule has 10 heteroatoms. The van der Waals surface area contributed by atoms with Gasteiger partial charge in [0.15, 0.2) is 0 Å². The largest absolute Gasteiger partial charge is 0.352 e. The Morgan fingerprint density at radius 2 is 1.51 bits per heavy atom. The zero-order valence-electron chi connectivity index (χ0n) is 27.9. The lowest BCUT2D eigenvalue weighted by molar-refractivity contribution is -0.140. The summed E-state index contributed by atoms with van der Waals surface area (Å²) >= 11 is 12.7. The van der Waals surface area contributed by atoms with Crippen molar-refractivity contribution in [2.24, 2.45) is 0 Å². The number of nitrogens with one attached hydrogen (secondary N) is 1. The molecule has 1 saturated carbocycles. The molecule has 1 atom stereocenters. The van der Waals surface area contributed by atoms with E-state index in [4.69, 9.17) is 23.2 Å². The topological polar surface area (TPSA) is 86.8 Å². The molecule has 2 amide bonds. The van der Waals surface area contributed by atoms with E-state index in [-0.39, 0.29) is 29.8 Å². The average molecular weight is 721 g/mol. The van der Waals surface area contributed by atoms with E-state index in [1.54, 1.807) is 54.6 Å². The van der Waals surface area contributed by atoms with Gasteiger partial charge in [-0.05, 0) is 73.2 Å². The standard InChI is InChI=1S/C39H43Cl2N3O4S/c1-3-31-14-10-11-17-36(31)44(49(47,48)33-21-18-28(2)19-22-33)27-38(45)43(26-30-20-23-34(40)35(41)24-30)37(25-29-12-6-4-7-13-29)39(46)42-32-15-8-5-9-16-32/h4,6-7,10-14,17-24,32,37H,3,5,8-9,15-16,25-27H2,1-2H3,(H,42,46). The van der Waals surface area contributed by atoms with Gasteiger partial charge in [-0.3, -0.25) is 13.9 Å². The van der Waals surface area contributed by atoms with Crippen LogP contribution in [0.15, 0.2) is 102 Å². The third-order valence-electron chi connectivity index (χ3n) is 9.09. The Kier molecular flexibility index (Phi) is 12.4. The molecule has 1 N–H and O–H groups in total. The third kappa shape index (κ3) is 9.24. The lowest BCUT2D eigenvalue weighted by atomic mass is 9.94. The number of anilines is 1. The van der Waals surface area contributed by atoms with Crippen molar-refractivity contribution >= 4 is 50.7 Å². The lowest BCUT2D eigenvalue weighted by Gasteiger charge is -2.35. The van der Waals surface area contributed by atoms with Crippen molar-refractivity contribution in [1.82, 2.24) is 10.2 Å². The quantitative estimate of drug-likeness (QED) is 0.151. The summed E-state index contributed by atoms with van der Waals surface area (Å²) in [7, 11) is -4.20. The van der Waals surface area contributed by atoms with Crippen molar-refractivity contribution in [1.29, 1.82) is 0 Å². The molecular weight excluding hydrogens is 677 g/mol. The van der Waals surface area contributed by atoms with Crippen LogP contribution in [-0.2, 0) is 39.0 Å². The maximum Gasteiger partial charge on any atom is 0.264 e. The first kappa shape index (κ1) is 36.4. The maximum atomic E-state index is 14.8. The van der Waals surface area contributed by atoms with Gasteiger partial charge in [-0.15, -0.1) is 0 Å². The van der Waals surface area contributed by atoms with Crippen LogP contribution in [0.1, 0.15) is 61.3 Å². The summed E-state index contributed by atoms with van der Waals surface area (Å²) in [6.45, 7) is 3.32. The molecule has 258 valence electrons. The van der Waals surface area contributed by atoms with E-state index in [0.717, 1.165) is 48.8 Å². The molecular formula is C39H43Cl2N3O4S. The van der Waals surface area contributed by atoms with E-state index in [9.17, 15) is 18.0 Å². The van der Waals surface area contributed by atoms with Crippen LogP contribution in [0.3, 0.4) is 0 Å². The van der Waals surface area contributed by atoms with E-state index in [1.807, 2.05) is 56.3 Å². The number of benzene rings is 4. The van der Waals surface area contributed by atoms with Crippen LogP contribution in [0.4, 0.5) is 5.69 Å². The molecule has 1 aliphatic carbocycles. The minimum atomic E-state index is -4.20. The number of amides is 2. The molecule has 7 nitrogen and oxygen atoms in total. The van der Waals surface area contributed by atoms with Crippen molar-refractivity contribution in [3.63, 3.8) is 0 Å². The third-order valence-corrected chi connectivity index (χ3v) is 11.6. The van der Waals surface area contributed by atoms with Gasteiger partial charge in [0.2, 0.25) is 11.8 Å². The molecule has 0 heterocycles. The SMILES string of the molecule is CCc1ccccc1N(CC(=O)N(Cc1ccc(Cl)c(Cl)c1)C(Cc1ccccc1)C(=O)NC1CCCCC1)S(=O)(=O)c1ccc(C)cc1. The molecule has 0 bridgehead atoms. The van der Waals surface area contributed by atoms with Crippen LogP contribution in [0.25, 0.3) is 0 Å². The van der Waals surface area contributed by atoms with Crippen molar-refractivity contribution < 1.29 is 18.0 Å². The number of aryl methyl sites for hydroxylation is 2. The summed E-state index contributed by atoms with van der Waals surface area (Å²) in [6, 6.07) is 27.5. The predicted octanol–water partition coefficient (Wildman–Crippen LogP) is 8.15. The van der Waals surface area contributed by atoms with Crippen LogP contribution in [0.5, 0.6) is 0 Å². The van der Waals surface area contributed by atoms with Gasteiger partial charge in [0, 0.05) is 19.0 Å². The van der Waals surface area contributed by atoms with E-state index in [1.165, 1.54) is 9.21 Å². The first-order valence-electron chi connectivity index (χ1n) is 16.8. The highest BCUT2D eigenvalue weighted by Gasteiger charge is 2.36. The monoisotopic (exact) mass is 719 g/mol. The van der Waals surface area contributed by atoms with Crippen LogP contribution >= 0.6 is 23.2 Å². The zero-order chi connectivity index (χ0) is 35.0. The van der Waals surface area contributed by atoms with Gasteiger partial charge in [-0.25, -0.2) is 8.42 Å². The van der Waals surface area contributed by atoms with Gasteiger partial charge >= 0.3 is 0 Å². The predicted molar refractivity (Wildman–Crippen MR) is 197 cm³/mol. The molecule has 0 saturated heterocycles. The molecule has 5 rings (SSSR count). The molecule has 1 aliphatic rings. The number of para-hydroxylation sites is 1. The summed E-state index contributed by atoms with van der Waals surface area (Å²) in [6.07, 6.45) is 5.74. The Morgan fingerprint density at radius 1 is 0.837 bits per heavy atom. The highest BCUT2D eigenvalue weighted by atomic mass is 35.5. The first-order chi connectivity index (χ1) is 23.6. The van der Waals surface area contributed by atoms with Gasteiger partial charge in [0.1, 0.15) is 12.6 Å². The lowest BCUT2D eigenvalue weighted by Crippen LogP contribution is -2.55. The van der Waals surface area contributed by atoms with Crippen LogP contribution < -0.4 is 9.62 Å². The van der Waals surface area contributed by atoms with Crippen molar-refractivity contribution in [2.75, 3.05) is 10.8 Å². The van der Waals surface area contributed by atoms with Gasteiger partial charge in [0.05, 0.1) is 20.6 Å². The fourth-order valence-electron chi connectivity index (χ4n) is 6.34. The van der Waals surface area contributed by atoms with Crippen molar-refractivity contribution in [2.45, 2.75) is 82.3 Å². The fraction of sp³-hybridized carbons (Fsp3) is 0.333. The van der Waals surface area contributed by atoms with E-state index < -0.39 is 28.5 Å².